The molecule has 1 aromatic heterocycles. The molecule has 1 unspecified atom stereocenters. The summed E-state index contributed by atoms with van der Waals surface area (Å²) in [7, 11) is 2.11. The van der Waals surface area contributed by atoms with E-state index in [0.717, 1.165) is 48.2 Å². The van der Waals surface area contributed by atoms with Crippen LogP contribution < -0.4 is 10.2 Å². The molecular formula is C15H26ClN3S. The largest absolute Gasteiger partial charge is 0.356 e. The average molecular weight is 316 g/mol. The Bertz CT molecular complexity index is 401. The van der Waals surface area contributed by atoms with E-state index in [1.54, 1.807) is 0 Å². The van der Waals surface area contributed by atoms with Gasteiger partial charge in [-0.2, -0.15) is 11.8 Å². The van der Waals surface area contributed by atoms with Gasteiger partial charge in [-0.05, 0) is 37.8 Å². The van der Waals surface area contributed by atoms with Crippen molar-refractivity contribution in [2.45, 2.75) is 39.3 Å². The van der Waals surface area contributed by atoms with Crippen LogP contribution in [0.3, 0.4) is 0 Å². The van der Waals surface area contributed by atoms with Crippen LogP contribution >= 0.6 is 23.4 Å². The van der Waals surface area contributed by atoms with Gasteiger partial charge in [0.15, 0.2) is 0 Å². The zero-order chi connectivity index (χ0) is 15.0. The molecule has 1 rings (SSSR count). The van der Waals surface area contributed by atoms with Gasteiger partial charge in [0.05, 0.1) is 10.7 Å². The van der Waals surface area contributed by atoms with Crippen LogP contribution in [-0.2, 0) is 6.54 Å². The summed E-state index contributed by atoms with van der Waals surface area (Å²) in [5.41, 5.74) is 0.934. The number of pyridine rings is 1. The molecule has 1 N–H and O–H groups in total. The third kappa shape index (κ3) is 5.15. The van der Waals surface area contributed by atoms with Crippen molar-refractivity contribution < 1.29 is 0 Å². The maximum atomic E-state index is 6.23. The third-order valence-electron chi connectivity index (χ3n) is 3.36. The third-order valence-corrected chi connectivity index (χ3v) is 4.42. The van der Waals surface area contributed by atoms with Gasteiger partial charge in [-0.25, -0.2) is 4.98 Å². The van der Waals surface area contributed by atoms with E-state index < -0.39 is 0 Å². The zero-order valence-electron chi connectivity index (χ0n) is 12.9. The van der Waals surface area contributed by atoms with Crippen molar-refractivity contribution in [1.82, 2.24) is 10.3 Å². The molecular weight excluding hydrogens is 290 g/mol. The quantitative estimate of drug-likeness (QED) is 0.701. The summed E-state index contributed by atoms with van der Waals surface area (Å²) in [5.74, 6) is 2.12. The first-order valence-corrected chi connectivity index (χ1v) is 8.99. The van der Waals surface area contributed by atoms with Crippen molar-refractivity contribution in [3.8, 4) is 0 Å². The maximum absolute atomic E-state index is 6.23. The summed E-state index contributed by atoms with van der Waals surface area (Å²) >= 11 is 8.10. The lowest BCUT2D eigenvalue weighted by molar-refractivity contribution is 0.649. The van der Waals surface area contributed by atoms with Crippen LogP contribution in [0.25, 0.3) is 0 Å². The Kier molecular flexibility index (Phi) is 8.34. The zero-order valence-corrected chi connectivity index (χ0v) is 14.5. The minimum Gasteiger partial charge on any atom is -0.356 e. The number of hydrogen-bond donors (Lipinski definition) is 1. The number of nitrogens with one attached hydrogen (secondary N) is 1. The smallest absolute Gasteiger partial charge is 0.128 e. The Morgan fingerprint density at radius 2 is 2.15 bits per heavy atom. The molecule has 1 atom stereocenters. The normalized spacial score (nSPS) is 12.4. The van der Waals surface area contributed by atoms with E-state index in [-0.39, 0.29) is 0 Å². The van der Waals surface area contributed by atoms with E-state index in [0.29, 0.717) is 6.04 Å². The predicted octanol–water partition coefficient (Wildman–Crippen LogP) is 3.81. The van der Waals surface area contributed by atoms with Crippen molar-refractivity contribution in [2.75, 3.05) is 30.5 Å². The number of anilines is 1. The van der Waals surface area contributed by atoms with E-state index >= 15 is 0 Å². The molecule has 20 heavy (non-hydrogen) atoms. The fraction of sp³-hybridized carbons (Fsp3) is 0.667. The van der Waals surface area contributed by atoms with Gasteiger partial charge in [-0.3, -0.25) is 0 Å². The van der Waals surface area contributed by atoms with E-state index in [1.807, 2.05) is 23.9 Å². The fourth-order valence-electron chi connectivity index (χ4n) is 2.06. The van der Waals surface area contributed by atoms with E-state index in [1.165, 1.54) is 0 Å². The van der Waals surface area contributed by atoms with Crippen LogP contribution in [0.15, 0.2) is 12.1 Å². The Morgan fingerprint density at radius 3 is 2.75 bits per heavy atom. The molecule has 1 heterocycles. The Hall–Kier alpha value is -0.450. The number of hydrogen-bond acceptors (Lipinski definition) is 4. The van der Waals surface area contributed by atoms with Crippen LogP contribution in [-0.4, -0.2) is 36.6 Å². The van der Waals surface area contributed by atoms with Gasteiger partial charge in [-0.15, -0.1) is 0 Å². The van der Waals surface area contributed by atoms with Crippen LogP contribution in [0.1, 0.15) is 32.4 Å². The highest BCUT2D eigenvalue weighted by molar-refractivity contribution is 7.98. The summed E-state index contributed by atoms with van der Waals surface area (Å²) in [6.07, 6.45) is 4.37. The molecule has 0 amide bonds. The van der Waals surface area contributed by atoms with Crippen molar-refractivity contribution in [1.29, 1.82) is 0 Å². The lowest BCUT2D eigenvalue weighted by atomic mass is 10.2. The topological polar surface area (TPSA) is 28.2 Å². The molecule has 1 aromatic rings. The molecule has 5 heteroatoms. The first-order chi connectivity index (χ1) is 9.63. The highest BCUT2D eigenvalue weighted by atomic mass is 35.5. The molecule has 0 aliphatic rings. The second-order valence-corrected chi connectivity index (χ2v) is 6.22. The number of halogens is 1. The number of aromatic nitrogens is 1. The highest BCUT2D eigenvalue weighted by Crippen LogP contribution is 2.21. The van der Waals surface area contributed by atoms with Crippen LogP contribution in [0, 0.1) is 0 Å². The molecule has 0 bridgehead atoms. The number of nitrogens with zero attached hydrogens (tertiary/aromatic N) is 2. The molecule has 0 saturated carbocycles. The molecule has 0 fully saturated rings. The van der Waals surface area contributed by atoms with Gasteiger partial charge in [0, 0.05) is 25.4 Å². The van der Waals surface area contributed by atoms with Crippen LogP contribution in [0.2, 0.25) is 5.02 Å². The van der Waals surface area contributed by atoms with Crippen molar-refractivity contribution in [3.63, 3.8) is 0 Å². The van der Waals surface area contributed by atoms with E-state index in [2.05, 4.69) is 37.4 Å². The lowest BCUT2D eigenvalue weighted by Crippen LogP contribution is -2.34. The lowest BCUT2D eigenvalue weighted by Gasteiger charge is -2.28. The van der Waals surface area contributed by atoms with Gasteiger partial charge in [0.1, 0.15) is 5.82 Å². The summed E-state index contributed by atoms with van der Waals surface area (Å²) in [4.78, 5) is 6.98. The second-order valence-electron chi connectivity index (χ2n) is 4.90. The molecule has 0 aromatic carbocycles. The SMILES string of the molecule is CCCNCc1nc(N(C)C(CC)CSC)ccc1Cl. The Morgan fingerprint density at radius 1 is 1.40 bits per heavy atom. The predicted molar refractivity (Wildman–Crippen MR) is 92.1 cm³/mol. The first kappa shape index (κ1) is 17.6. The Balaban J connectivity index is 2.81. The standard InChI is InChI=1S/C15H26ClN3S/c1-5-9-17-10-14-13(16)7-8-15(18-14)19(3)12(6-2)11-20-4/h7-8,12,17H,5-6,9-11H2,1-4H3. The van der Waals surface area contributed by atoms with Crippen LogP contribution in [0.4, 0.5) is 5.82 Å². The monoisotopic (exact) mass is 315 g/mol. The van der Waals surface area contributed by atoms with Gasteiger partial charge in [0.2, 0.25) is 0 Å². The van der Waals surface area contributed by atoms with Gasteiger partial charge in [0.25, 0.3) is 0 Å². The summed E-state index contributed by atoms with van der Waals surface area (Å²) < 4.78 is 0. The van der Waals surface area contributed by atoms with Gasteiger partial charge < -0.3 is 10.2 Å². The van der Waals surface area contributed by atoms with E-state index in [4.69, 9.17) is 16.6 Å². The van der Waals surface area contributed by atoms with Crippen molar-refractivity contribution >= 4 is 29.2 Å². The maximum Gasteiger partial charge on any atom is 0.128 e. The minimum absolute atomic E-state index is 0.509. The summed E-state index contributed by atoms with van der Waals surface area (Å²) in [5, 5.41) is 4.10. The molecule has 0 aliphatic carbocycles. The molecule has 3 nitrogen and oxygen atoms in total. The number of rotatable bonds is 9. The molecule has 0 radical (unpaired) electrons. The molecule has 0 spiro atoms. The first-order valence-electron chi connectivity index (χ1n) is 7.21. The molecule has 114 valence electrons. The van der Waals surface area contributed by atoms with Crippen molar-refractivity contribution in [2.24, 2.45) is 0 Å². The van der Waals surface area contributed by atoms with Crippen molar-refractivity contribution in [3.05, 3.63) is 22.8 Å². The minimum atomic E-state index is 0.509. The van der Waals surface area contributed by atoms with Gasteiger partial charge >= 0.3 is 0 Å². The number of thioether (sulfide) groups is 1. The van der Waals surface area contributed by atoms with Crippen LogP contribution in [0.5, 0.6) is 0 Å². The molecule has 0 saturated heterocycles. The summed E-state index contributed by atoms with van der Waals surface area (Å²) in [6.45, 7) is 6.09. The highest BCUT2D eigenvalue weighted by Gasteiger charge is 2.15. The average Bonchev–Trinajstić information content (AvgIpc) is 2.46. The van der Waals surface area contributed by atoms with Gasteiger partial charge in [-0.1, -0.05) is 25.4 Å². The fourth-order valence-corrected chi connectivity index (χ4v) is 3.08. The summed E-state index contributed by atoms with van der Waals surface area (Å²) in [6, 6.07) is 4.47. The van der Waals surface area contributed by atoms with E-state index in [9.17, 15) is 0 Å². The molecule has 0 aliphatic heterocycles. The Labute approximate surface area is 132 Å². The second kappa shape index (κ2) is 9.48.